The van der Waals surface area contributed by atoms with Crippen molar-refractivity contribution >= 4 is 11.9 Å². The molecule has 84 valence electrons. The van der Waals surface area contributed by atoms with E-state index in [-0.39, 0.29) is 12.1 Å². The SMILES string of the molecule is O=C(O)/C=C\C(=O)NC1CCC(O)CC1. The molecule has 1 rings (SSSR count). The van der Waals surface area contributed by atoms with E-state index in [0.29, 0.717) is 12.8 Å². The van der Waals surface area contributed by atoms with Gasteiger partial charge in [-0.05, 0) is 25.7 Å². The van der Waals surface area contributed by atoms with Gasteiger partial charge in [0.05, 0.1) is 6.10 Å². The highest BCUT2D eigenvalue weighted by molar-refractivity contribution is 5.93. The first-order valence-corrected chi connectivity index (χ1v) is 4.97. The maximum absolute atomic E-state index is 11.2. The Labute approximate surface area is 87.8 Å². The number of hydrogen-bond donors (Lipinski definition) is 3. The van der Waals surface area contributed by atoms with Crippen LogP contribution in [0.15, 0.2) is 12.2 Å². The molecule has 0 radical (unpaired) electrons. The number of amides is 1. The van der Waals surface area contributed by atoms with Gasteiger partial charge < -0.3 is 15.5 Å². The van der Waals surface area contributed by atoms with Crippen molar-refractivity contribution in [3.63, 3.8) is 0 Å². The Kier molecular flexibility index (Phi) is 4.30. The highest BCUT2D eigenvalue weighted by Crippen LogP contribution is 2.18. The second-order valence-electron chi connectivity index (χ2n) is 3.69. The summed E-state index contributed by atoms with van der Waals surface area (Å²) in [6.45, 7) is 0. The van der Waals surface area contributed by atoms with Crippen molar-refractivity contribution in [3.05, 3.63) is 12.2 Å². The van der Waals surface area contributed by atoms with Crippen molar-refractivity contribution in [1.82, 2.24) is 5.32 Å². The third-order valence-corrected chi connectivity index (χ3v) is 2.42. The molecule has 0 aromatic heterocycles. The van der Waals surface area contributed by atoms with Gasteiger partial charge in [-0.3, -0.25) is 4.79 Å². The fraction of sp³-hybridized carbons (Fsp3) is 0.600. The van der Waals surface area contributed by atoms with Gasteiger partial charge in [0.1, 0.15) is 0 Å². The molecule has 1 fully saturated rings. The Morgan fingerprint density at radius 1 is 1.13 bits per heavy atom. The number of carboxylic acids is 1. The summed E-state index contributed by atoms with van der Waals surface area (Å²) >= 11 is 0. The van der Waals surface area contributed by atoms with E-state index in [1.54, 1.807) is 0 Å². The van der Waals surface area contributed by atoms with Gasteiger partial charge >= 0.3 is 5.97 Å². The van der Waals surface area contributed by atoms with Crippen LogP contribution in [0.4, 0.5) is 0 Å². The largest absolute Gasteiger partial charge is 0.478 e. The fourth-order valence-corrected chi connectivity index (χ4v) is 1.62. The van der Waals surface area contributed by atoms with Crippen LogP contribution in [0.1, 0.15) is 25.7 Å². The first-order chi connectivity index (χ1) is 7.08. The molecule has 0 bridgehead atoms. The van der Waals surface area contributed by atoms with E-state index in [2.05, 4.69) is 5.32 Å². The minimum atomic E-state index is -1.13. The highest BCUT2D eigenvalue weighted by Gasteiger charge is 2.19. The number of aliphatic hydroxyl groups excluding tert-OH is 1. The van der Waals surface area contributed by atoms with E-state index in [1.165, 1.54) is 0 Å². The normalized spacial score (nSPS) is 26.5. The molecule has 0 aliphatic heterocycles. The van der Waals surface area contributed by atoms with Crippen molar-refractivity contribution < 1.29 is 19.8 Å². The molecule has 1 amide bonds. The fourth-order valence-electron chi connectivity index (χ4n) is 1.62. The highest BCUT2D eigenvalue weighted by atomic mass is 16.4. The molecule has 15 heavy (non-hydrogen) atoms. The van der Waals surface area contributed by atoms with Crippen LogP contribution in [0.5, 0.6) is 0 Å². The minimum Gasteiger partial charge on any atom is -0.478 e. The first kappa shape index (κ1) is 11.7. The minimum absolute atomic E-state index is 0.0549. The van der Waals surface area contributed by atoms with Crippen LogP contribution in [0.3, 0.4) is 0 Å². The Hall–Kier alpha value is -1.36. The standard InChI is InChI=1S/C10H15NO4/c12-8-3-1-7(2-4-8)11-9(13)5-6-10(14)15/h5-8,12H,1-4H2,(H,11,13)(H,14,15)/b6-5-. The summed E-state index contributed by atoms with van der Waals surface area (Å²) in [6.07, 6.45) is 4.43. The van der Waals surface area contributed by atoms with Crippen molar-refractivity contribution in [2.75, 3.05) is 0 Å². The number of rotatable bonds is 3. The molecule has 1 saturated carbocycles. The number of carbonyl (C=O) groups excluding carboxylic acids is 1. The molecule has 3 N–H and O–H groups in total. The van der Waals surface area contributed by atoms with Crippen LogP contribution >= 0.6 is 0 Å². The van der Waals surface area contributed by atoms with Crippen molar-refractivity contribution in [2.24, 2.45) is 0 Å². The third kappa shape index (κ3) is 4.60. The third-order valence-electron chi connectivity index (χ3n) is 2.42. The van der Waals surface area contributed by atoms with Gasteiger partial charge in [0.2, 0.25) is 5.91 Å². The van der Waals surface area contributed by atoms with E-state index in [1.807, 2.05) is 0 Å². The second kappa shape index (κ2) is 5.50. The van der Waals surface area contributed by atoms with E-state index in [4.69, 9.17) is 5.11 Å². The lowest BCUT2D eigenvalue weighted by Gasteiger charge is -2.25. The lowest BCUT2D eigenvalue weighted by atomic mass is 9.93. The van der Waals surface area contributed by atoms with Crippen molar-refractivity contribution in [1.29, 1.82) is 0 Å². The van der Waals surface area contributed by atoms with Gasteiger partial charge in [-0.15, -0.1) is 0 Å². The van der Waals surface area contributed by atoms with Crippen LogP contribution in [0.2, 0.25) is 0 Å². The van der Waals surface area contributed by atoms with Gasteiger partial charge in [-0.2, -0.15) is 0 Å². The van der Waals surface area contributed by atoms with Gasteiger partial charge in [0, 0.05) is 18.2 Å². The Balaban J connectivity index is 2.29. The van der Waals surface area contributed by atoms with Gasteiger partial charge in [0.25, 0.3) is 0 Å². The zero-order valence-electron chi connectivity index (χ0n) is 8.35. The number of hydrogen-bond acceptors (Lipinski definition) is 3. The molecule has 5 heteroatoms. The van der Waals surface area contributed by atoms with E-state index in [0.717, 1.165) is 25.0 Å². The molecule has 0 saturated heterocycles. The average molecular weight is 213 g/mol. The maximum atomic E-state index is 11.2. The quantitative estimate of drug-likeness (QED) is 0.578. The van der Waals surface area contributed by atoms with E-state index in [9.17, 15) is 14.7 Å². The monoisotopic (exact) mass is 213 g/mol. The smallest absolute Gasteiger partial charge is 0.328 e. The summed E-state index contributed by atoms with van der Waals surface area (Å²) in [5, 5.41) is 20.2. The number of carboxylic acid groups (broad SMARTS) is 1. The lowest BCUT2D eigenvalue weighted by Crippen LogP contribution is -2.37. The summed E-state index contributed by atoms with van der Waals surface area (Å²) in [7, 11) is 0. The second-order valence-corrected chi connectivity index (χ2v) is 3.69. The first-order valence-electron chi connectivity index (χ1n) is 4.97. The lowest BCUT2D eigenvalue weighted by molar-refractivity contribution is -0.131. The molecule has 0 heterocycles. The number of aliphatic hydroxyl groups is 1. The van der Waals surface area contributed by atoms with Crippen LogP contribution in [0.25, 0.3) is 0 Å². The van der Waals surface area contributed by atoms with Crippen molar-refractivity contribution in [3.8, 4) is 0 Å². The molecule has 5 nitrogen and oxygen atoms in total. The Bertz CT molecular complexity index is 267. The van der Waals surface area contributed by atoms with Crippen LogP contribution < -0.4 is 5.32 Å². The van der Waals surface area contributed by atoms with Crippen LogP contribution in [-0.4, -0.2) is 34.2 Å². The average Bonchev–Trinajstić information content (AvgIpc) is 2.19. The molecular formula is C10H15NO4. The van der Waals surface area contributed by atoms with Crippen molar-refractivity contribution in [2.45, 2.75) is 37.8 Å². The topological polar surface area (TPSA) is 86.6 Å². The Morgan fingerprint density at radius 2 is 1.73 bits per heavy atom. The van der Waals surface area contributed by atoms with Gasteiger partial charge in [-0.25, -0.2) is 4.79 Å². The maximum Gasteiger partial charge on any atom is 0.328 e. The number of aliphatic carboxylic acids is 1. The zero-order chi connectivity index (χ0) is 11.3. The molecule has 0 aromatic rings. The van der Waals surface area contributed by atoms with Gasteiger partial charge in [-0.1, -0.05) is 0 Å². The van der Waals surface area contributed by atoms with E-state index >= 15 is 0 Å². The summed E-state index contributed by atoms with van der Waals surface area (Å²) in [4.78, 5) is 21.3. The number of nitrogens with one attached hydrogen (secondary N) is 1. The molecule has 0 atom stereocenters. The summed E-state index contributed by atoms with van der Waals surface area (Å²) in [6, 6.07) is 0.0549. The molecule has 0 unspecified atom stereocenters. The predicted octanol–water partition coefficient (Wildman–Crippen LogP) is 0.0469. The molecule has 0 spiro atoms. The summed E-state index contributed by atoms with van der Waals surface area (Å²) < 4.78 is 0. The van der Waals surface area contributed by atoms with Gasteiger partial charge in [0.15, 0.2) is 0 Å². The summed E-state index contributed by atoms with van der Waals surface area (Å²) in [5.74, 6) is -1.52. The Morgan fingerprint density at radius 3 is 2.27 bits per heavy atom. The summed E-state index contributed by atoms with van der Waals surface area (Å²) in [5.41, 5.74) is 0. The molecular weight excluding hydrogens is 198 g/mol. The molecule has 1 aliphatic rings. The van der Waals surface area contributed by atoms with Crippen LogP contribution in [0, 0.1) is 0 Å². The van der Waals surface area contributed by atoms with Crippen LogP contribution in [-0.2, 0) is 9.59 Å². The number of carbonyl (C=O) groups is 2. The molecule has 1 aliphatic carbocycles. The predicted molar refractivity (Wildman–Crippen MR) is 53.2 cm³/mol. The zero-order valence-corrected chi connectivity index (χ0v) is 8.35. The molecule has 0 aromatic carbocycles. The van der Waals surface area contributed by atoms with E-state index < -0.39 is 11.9 Å².